The molecule has 0 aliphatic heterocycles. The Labute approximate surface area is 88.7 Å². The van der Waals surface area contributed by atoms with Crippen molar-refractivity contribution in [1.29, 1.82) is 0 Å². The summed E-state index contributed by atoms with van der Waals surface area (Å²) >= 11 is 0. The van der Waals surface area contributed by atoms with Gasteiger partial charge < -0.3 is 9.47 Å². The summed E-state index contributed by atoms with van der Waals surface area (Å²) in [6, 6.07) is 14.1. The van der Waals surface area contributed by atoms with Gasteiger partial charge in [0.15, 0.2) is 0 Å². The van der Waals surface area contributed by atoms with Gasteiger partial charge in [0.2, 0.25) is 6.79 Å². The van der Waals surface area contributed by atoms with Crippen molar-refractivity contribution in [3.05, 3.63) is 55.3 Å². The van der Waals surface area contributed by atoms with Crippen molar-refractivity contribution in [2.24, 2.45) is 0 Å². The fraction of sp³-hybridized carbons (Fsp3) is 0.0769. The van der Waals surface area contributed by atoms with Gasteiger partial charge in [-0.25, -0.2) is 0 Å². The Morgan fingerprint density at radius 2 is 1.87 bits per heavy atom. The van der Waals surface area contributed by atoms with E-state index < -0.39 is 0 Å². The second-order valence-electron chi connectivity index (χ2n) is 3.10. The molecule has 0 aliphatic rings. The summed E-state index contributed by atoms with van der Waals surface area (Å²) in [5, 5.41) is 2.36. The average molecular weight is 200 g/mol. The third-order valence-corrected chi connectivity index (χ3v) is 2.13. The molecule has 0 saturated carbocycles. The molecule has 0 fully saturated rings. The van der Waals surface area contributed by atoms with Crippen molar-refractivity contribution in [1.82, 2.24) is 0 Å². The minimum absolute atomic E-state index is 0.196. The second-order valence-corrected chi connectivity index (χ2v) is 3.10. The maximum Gasteiger partial charge on any atom is 0.229 e. The molecule has 0 heterocycles. The molecular formula is C13H12O2. The zero-order valence-electron chi connectivity index (χ0n) is 8.35. The lowest BCUT2D eigenvalue weighted by Gasteiger charge is -2.06. The van der Waals surface area contributed by atoms with E-state index in [1.807, 2.05) is 30.3 Å². The van der Waals surface area contributed by atoms with Crippen LogP contribution in [0, 0.1) is 0 Å². The van der Waals surface area contributed by atoms with Gasteiger partial charge in [-0.1, -0.05) is 36.9 Å². The minimum atomic E-state index is 0.196. The smallest absolute Gasteiger partial charge is 0.229 e. The Bertz CT molecular complexity index is 463. The van der Waals surface area contributed by atoms with Crippen LogP contribution >= 0.6 is 0 Å². The Morgan fingerprint density at radius 3 is 2.67 bits per heavy atom. The molecule has 0 aromatic heterocycles. The Balaban J connectivity index is 2.19. The lowest BCUT2D eigenvalue weighted by Crippen LogP contribution is -1.97. The molecular weight excluding hydrogens is 188 g/mol. The number of rotatable bonds is 4. The van der Waals surface area contributed by atoms with Crippen LogP contribution in [0.25, 0.3) is 10.8 Å². The highest BCUT2D eigenvalue weighted by molar-refractivity contribution is 5.83. The van der Waals surface area contributed by atoms with Gasteiger partial charge in [0.25, 0.3) is 0 Å². The molecule has 15 heavy (non-hydrogen) atoms. The third-order valence-electron chi connectivity index (χ3n) is 2.13. The fourth-order valence-electron chi connectivity index (χ4n) is 1.41. The van der Waals surface area contributed by atoms with Crippen molar-refractivity contribution in [2.75, 3.05) is 6.79 Å². The minimum Gasteiger partial charge on any atom is -0.466 e. The molecule has 0 aliphatic carbocycles. The van der Waals surface area contributed by atoms with Crippen LogP contribution in [0.3, 0.4) is 0 Å². The largest absolute Gasteiger partial charge is 0.466 e. The predicted molar refractivity (Wildman–Crippen MR) is 60.7 cm³/mol. The highest BCUT2D eigenvalue weighted by Gasteiger charge is 1.95. The maximum atomic E-state index is 5.36. The lowest BCUT2D eigenvalue weighted by molar-refractivity contribution is 0.0808. The zero-order chi connectivity index (χ0) is 10.5. The van der Waals surface area contributed by atoms with E-state index in [9.17, 15) is 0 Å². The molecule has 2 aromatic carbocycles. The van der Waals surface area contributed by atoms with Gasteiger partial charge in [0.05, 0.1) is 6.26 Å². The SMILES string of the molecule is C=COCOc1ccc2ccccc2c1. The molecule has 0 N–H and O–H groups in total. The molecule has 2 aromatic rings. The van der Waals surface area contributed by atoms with E-state index in [0.717, 1.165) is 11.1 Å². The summed E-state index contributed by atoms with van der Waals surface area (Å²) in [4.78, 5) is 0. The van der Waals surface area contributed by atoms with Gasteiger partial charge in [-0.15, -0.1) is 0 Å². The molecule has 2 nitrogen and oxygen atoms in total. The van der Waals surface area contributed by atoms with Gasteiger partial charge in [0.1, 0.15) is 5.75 Å². The monoisotopic (exact) mass is 200 g/mol. The summed E-state index contributed by atoms with van der Waals surface area (Å²) in [5.74, 6) is 0.801. The van der Waals surface area contributed by atoms with Crippen molar-refractivity contribution >= 4 is 10.8 Å². The van der Waals surface area contributed by atoms with Crippen LogP contribution in [-0.2, 0) is 4.74 Å². The van der Waals surface area contributed by atoms with Gasteiger partial charge in [-0.2, -0.15) is 0 Å². The summed E-state index contributed by atoms with van der Waals surface area (Å²) in [7, 11) is 0. The number of fused-ring (bicyclic) bond motifs is 1. The van der Waals surface area contributed by atoms with Crippen LogP contribution in [0.2, 0.25) is 0 Å². The van der Waals surface area contributed by atoms with Crippen LogP contribution in [0.5, 0.6) is 5.75 Å². The quantitative estimate of drug-likeness (QED) is 0.428. The van der Waals surface area contributed by atoms with E-state index in [4.69, 9.17) is 9.47 Å². The topological polar surface area (TPSA) is 18.5 Å². The molecule has 0 unspecified atom stereocenters. The first kappa shape index (κ1) is 9.59. The first-order chi connectivity index (χ1) is 7.40. The summed E-state index contributed by atoms with van der Waals surface area (Å²) in [6.45, 7) is 3.64. The van der Waals surface area contributed by atoms with E-state index in [-0.39, 0.29) is 6.79 Å². The number of hydrogen-bond acceptors (Lipinski definition) is 2. The van der Waals surface area contributed by atoms with Crippen molar-refractivity contribution in [3.8, 4) is 5.75 Å². The first-order valence-electron chi connectivity index (χ1n) is 4.74. The van der Waals surface area contributed by atoms with E-state index in [1.165, 1.54) is 11.6 Å². The predicted octanol–water partition coefficient (Wildman–Crippen LogP) is 3.34. The first-order valence-corrected chi connectivity index (χ1v) is 4.74. The van der Waals surface area contributed by atoms with Crippen LogP contribution in [0.15, 0.2) is 55.3 Å². The summed E-state index contributed by atoms with van der Waals surface area (Å²) < 4.78 is 10.3. The number of hydrogen-bond donors (Lipinski definition) is 0. The highest BCUT2D eigenvalue weighted by Crippen LogP contribution is 2.20. The molecule has 0 spiro atoms. The molecule has 0 radical (unpaired) electrons. The molecule has 76 valence electrons. The Kier molecular flexibility index (Phi) is 2.88. The van der Waals surface area contributed by atoms with Gasteiger partial charge in [-0.05, 0) is 22.9 Å². The van der Waals surface area contributed by atoms with Crippen LogP contribution < -0.4 is 4.74 Å². The standard InChI is InChI=1S/C13H12O2/c1-2-14-10-15-13-8-7-11-5-3-4-6-12(11)9-13/h2-9H,1,10H2. The van der Waals surface area contributed by atoms with E-state index in [2.05, 4.69) is 18.7 Å². The van der Waals surface area contributed by atoms with E-state index in [1.54, 1.807) is 0 Å². The van der Waals surface area contributed by atoms with Crippen LogP contribution in [0.1, 0.15) is 0 Å². The molecule has 0 amide bonds. The van der Waals surface area contributed by atoms with Crippen molar-refractivity contribution in [2.45, 2.75) is 0 Å². The number of ether oxygens (including phenoxy) is 2. The number of benzene rings is 2. The molecule has 0 saturated heterocycles. The van der Waals surface area contributed by atoms with Gasteiger partial charge >= 0.3 is 0 Å². The molecule has 2 heteroatoms. The van der Waals surface area contributed by atoms with E-state index >= 15 is 0 Å². The van der Waals surface area contributed by atoms with Gasteiger partial charge in [0, 0.05) is 0 Å². The zero-order valence-corrected chi connectivity index (χ0v) is 8.35. The highest BCUT2D eigenvalue weighted by atomic mass is 16.7. The molecule has 0 atom stereocenters. The Hall–Kier alpha value is -1.96. The van der Waals surface area contributed by atoms with Crippen LogP contribution in [0.4, 0.5) is 0 Å². The maximum absolute atomic E-state index is 5.36. The van der Waals surface area contributed by atoms with Gasteiger partial charge in [-0.3, -0.25) is 0 Å². The average Bonchev–Trinajstić information content (AvgIpc) is 2.29. The fourth-order valence-corrected chi connectivity index (χ4v) is 1.41. The van der Waals surface area contributed by atoms with Crippen molar-refractivity contribution in [3.63, 3.8) is 0 Å². The van der Waals surface area contributed by atoms with Crippen molar-refractivity contribution < 1.29 is 9.47 Å². The molecule has 2 rings (SSSR count). The molecule has 0 bridgehead atoms. The Morgan fingerprint density at radius 1 is 1.07 bits per heavy atom. The lowest BCUT2D eigenvalue weighted by atomic mass is 10.1. The van der Waals surface area contributed by atoms with E-state index in [0.29, 0.717) is 0 Å². The third kappa shape index (κ3) is 2.29. The summed E-state index contributed by atoms with van der Waals surface area (Å²) in [5.41, 5.74) is 0. The van der Waals surface area contributed by atoms with Crippen LogP contribution in [-0.4, -0.2) is 6.79 Å². The normalized spacial score (nSPS) is 9.87. The summed E-state index contributed by atoms with van der Waals surface area (Å²) in [6.07, 6.45) is 1.36. The second kappa shape index (κ2) is 4.51.